The summed E-state index contributed by atoms with van der Waals surface area (Å²) in [7, 11) is 0. The fourth-order valence-corrected chi connectivity index (χ4v) is 4.07. The molecule has 0 unspecified atom stereocenters. The zero-order valence-corrected chi connectivity index (χ0v) is 13.1. The Bertz CT molecular complexity index is 831. The number of para-hydroxylation sites is 1. The maximum atomic E-state index is 12.1. The van der Waals surface area contributed by atoms with Crippen LogP contribution in [0.15, 0.2) is 40.7 Å². The van der Waals surface area contributed by atoms with Gasteiger partial charge in [-0.2, -0.15) is 4.99 Å². The second kappa shape index (κ2) is 5.52. The van der Waals surface area contributed by atoms with E-state index in [1.54, 1.807) is 6.07 Å². The lowest BCUT2D eigenvalue weighted by Gasteiger charge is -2.01. The minimum Gasteiger partial charge on any atom is -0.315 e. The van der Waals surface area contributed by atoms with E-state index in [0.717, 1.165) is 16.8 Å². The number of halogens is 1. The molecule has 3 aromatic rings. The number of rotatable bonds is 2. The minimum atomic E-state index is -0.204. The number of nitrogens with zero attached hydrogens (tertiary/aromatic N) is 2. The molecular formula is C14H11ClN2OS2. The summed E-state index contributed by atoms with van der Waals surface area (Å²) >= 11 is 9.14. The van der Waals surface area contributed by atoms with Gasteiger partial charge in [0.05, 0.1) is 20.1 Å². The van der Waals surface area contributed by atoms with Gasteiger partial charge in [-0.05, 0) is 30.5 Å². The maximum absolute atomic E-state index is 12.1. The van der Waals surface area contributed by atoms with E-state index >= 15 is 0 Å². The van der Waals surface area contributed by atoms with Crippen LogP contribution in [0.4, 0.5) is 0 Å². The Morgan fingerprint density at radius 1 is 1.35 bits per heavy atom. The number of carbonyl (C=O) groups excluding carboxylic acids is 1. The third-order valence-electron chi connectivity index (χ3n) is 2.90. The molecule has 0 saturated heterocycles. The predicted octanol–water partition coefficient (Wildman–Crippen LogP) is 4.18. The molecule has 0 radical (unpaired) electrons. The van der Waals surface area contributed by atoms with Crippen molar-refractivity contribution in [2.24, 2.45) is 4.99 Å². The summed E-state index contributed by atoms with van der Waals surface area (Å²) in [6.45, 7) is 2.74. The van der Waals surface area contributed by atoms with E-state index < -0.39 is 0 Å². The normalized spacial score (nSPS) is 12.2. The summed E-state index contributed by atoms with van der Waals surface area (Å²) in [5, 5.41) is 2.56. The second-order valence-corrected chi connectivity index (χ2v) is 6.47. The van der Waals surface area contributed by atoms with E-state index in [-0.39, 0.29) is 5.91 Å². The van der Waals surface area contributed by atoms with Crippen LogP contribution in [-0.4, -0.2) is 10.5 Å². The smallest absolute Gasteiger partial charge is 0.289 e. The molecular weight excluding hydrogens is 312 g/mol. The summed E-state index contributed by atoms with van der Waals surface area (Å²) in [4.78, 5) is 17.7. The molecule has 0 aliphatic heterocycles. The standard InChI is InChI=1S/C14H11ClN2OS2/c1-2-17-12-9(15)5-3-6-10(12)20-14(17)16-13(18)11-7-4-8-19-11/h3-8H,2H2,1H3. The Balaban J connectivity index is 2.21. The molecule has 1 aromatic carbocycles. The van der Waals surface area contributed by atoms with E-state index in [0.29, 0.717) is 14.7 Å². The second-order valence-electron chi connectivity index (χ2n) is 4.11. The Morgan fingerprint density at radius 3 is 2.90 bits per heavy atom. The number of amides is 1. The number of hydrogen-bond acceptors (Lipinski definition) is 3. The van der Waals surface area contributed by atoms with Crippen molar-refractivity contribution >= 4 is 50.4 Å². The van der Waals surface area contributed by atoms with Crippen LogP contribution < -0.4 is 4.80 Å². The Hall–Kier alpha value is -1.43. The molecule has 20 heavy (non-hydrogen) atoms. The first-order valence-corrected chi connectivity index (χ1v) is 8.18. The molecule has 1 amide bonds. The third-order valence-corrected chi connectivity index (χ3v) is 5.10. The molecule has 0 aliphatic rings. The number of fused-ring (bicyclic) bond motifs is 1. The monoisotopic (exact) mass is 322 g/mol. The van der Waals surface area contributed by atoms with Gasteiger partial charge in [-0.15, -0.1) is 11.3 Å². The molecule has 0 N–H and O–H groups in total. The highest BCUT2D eigenvalue weighted by molar-refractivity contribution is 7.16. The summed E-state index contributed by atoms with van der Waals surface area (Å²) in [5.41, 5.74) is 0.944. The van der Waals surface area contributed by atoms with Gasteiger partial charge < -0.3 is 4.57 Å². The van der Waals surface area contributed by atoms with Crippen LogP contribution in [-0.2, 0) is 6.54 Å². The number of thiazole rings is 1. The molecule has 0 aliphatic carbocycles. The summed E-state index contributed by atoms with van der Waals surface area (Å²) < 4.78 is 3.02. The largest absolute Gasteiger partial charge is 0.315 e. The molecule has 2 aromatic heterocycles. The molecule has 2 heterocycles. The lowest BCUT2D eigenvalue weighted by atomic mass is 10.3. The summed E-state index contributed by atoms with van der Waals surface area (Å²) in [6, 6.07) is 9.39. The average molecular weight is 323 g/mol. The molecule has 3 nitrogen and oxygen atoms in total. The first kappa shape index (κ1) is 13.5. The van der Waals surface area contributed by atoms with Gasteiger partial charge in [-0.1, -0.05) is 35.1 Å². The Morgan fingerprint density at radius 2 is 2.20 bits per heavy atom. The lowest BCUT2D eigenvalue weighted by molar-refractivity contribution is 0.100. The fourth-order valence-electron chi connectivity index (χ4n) is 2.01. The van der Waals surface area contributed by atoms with Gasteiger partial charge in [0.2, 0.25) is 0 Å². The fraction of sp³-hybridized carbons (Fsp3) is 0.143. The molecule has 3 rings (SSSR count). The predicted molar refractivity (Wildman–Crippen MR) is 84.7 cm³/mol. The number of aryl methyl sites for hydroxylation is 1. The van der Waals surface area contributed by atoms with E-state index in [4.69, 9.17) is 11.6 Å². The van der Waals surface area contributed by atoms with Crippen LogP contribution in [0.5, 0.6) is 0 Å². The van der Waals surface area contributed by atoms with Crippen molar-refractivity contribution in [3.05, 3.63) is 50.4 Å². The van der Waals surface area contributed by atoms with Crippen molar-refractivity contribution in [1.29, 1.82) is 0 Å². The molecule has 0 atom stereocenters. The topological polar surface area (TPSA) is 34.4 Å². The minimum absolute atomic E-state index is 0.204. The highest BCUT2D eigenvalue weighted by atomic mass is 35.5. The van der Waals surface area contributed by atoms with Crippen LogP contribution in [0, 0.1) is 0 Å². The SMILES string of the molecule is CCn1c(=NC(=O)c2cccs2)sc2cccc(Cl)c21. The van der Waals surface area contributed by atoms with E-state index in [1.165, 1.54) is 22.7 Å². The first-order valence-electron chi connectivity index (χ1n) is 6.11. The summed E-state index contributed by atoms with van der Waals surface area (Å²) in [5.74, 6) is -0.204. The molecule has 6 heteroatoms. The quantitative estimate of drug-likeness (QED) is 0.697. The number of aromatic nitrogens is 1. The Labute approximate surface area is 128 Å². The van der Waals surface area contributed by atoms with E-state index in [9.17, 15) is 4.79 Å². The van der Waals surface area contributed by atoms with Crippen LogP contribution >= 0.6 is 34.3 Å². The van der Waals surface area contributed by atoms with Crippen molar-refractivity contribution in [2.45, 2.75) is 13.5 Å². The number of benzene rings is 1. The van der Waals surface area contributed by atoms with Crippen molar-refractivity contribution in [2.75, 3.05) is 0 Å². The van der Waals surface area contributed by atoms with Crippen molar-refractivity contribution in [3.8, 4) is 0 Å². The maximum Gasteiger partial charge on any atom is 0.289 e. The molecule has 0 bridgehead atoms. The van der Waals surface area contributed by atoms with Crippen molar-refractivity contribution < 1.29 is 4.79 Å². The lowest BCUT2D eigenvalue weighted by Crippen LogP contribution is -2.15. The Kier molecular flexibility index (Phi) is 3.74. The first-order chi connectivity index (χ1) is 9.70. The molecule has 0 spiro atoms. The van der Waals surface area contributed by atoms with Crippen LogP contribution in [0.3, 0.4) is 0 Å². The van der Waals surface area contributed by atoms with Crippen LogP contribution in [0.2, 0.25) is 5.02 Å². The van der Waals surface area contributed by atoms with Gasteiger partial charge in [0.25, 0.3) is 5.91 Å². The number of carbonyl (C=O) groups is 1. The molecule has 0 saturated carbocycles. The highest BCUT2D eigenvalue weighted by Crippen LogP contribution is 2.25. The zero-order valence-electron chi connectivity index (χ0n) is 10.7. The highest BCUT2D eigenvalue weighted by Gasteiger charge is 2.10. The number of hydrogen-bond donors (Lipinski definition) is 0. The van der Waals surface area contributed by atoms with Gasteiger partial charge in [-0.25, -0.2) is 0 Å². The summed E-state index contributed by atoms with van der Waals surface area (Å²) in [6.07, 6.45) is 0. The molecule has 102 valence electrons. The van der Waals surface area contributed by atoms with Gasteiger partial charge >= 0.3 is 0 Å². The zero-order chi connectivity index (χ0) is 14.1. The average Bonchev–Trinajstić information content (AvgIpc) is 3.05. The number of thiophene rings is 1. The van der Waals surface area contributed by atoms with E-state index in [1.807, 2.05) is 41.1 Å². The molecule has 0 fully saturated rings. The van der Waals surface area contributed by atoms with Gasteiger partial charge in [-0.3, -0.25) is 4.79 Å². The van der Waals surface area contributed by atoms with Gasteiger partial charge in [0, 0.05) is 6.54 Å². The van der Waals surface area contributed by atoms with Crippen molar-refractivity contribution in [3.63, 3.8) is 0 Å². The van der Waals surface area contributed by atoms with E-state index in [2.05, 4.69) is 4.99 Å². The van der Waals surface area contributed by atoms with Gasteiger partial charge in [0.15, 0.2) is 4.80 Å². The van der Waals surface area contributed by atoms with Crippen LogP contribution in [0.1, 0.15) is 16.6 Å². The van der Waals surface area contributed by atoms with Crippen molar-refractivity contribution in [1.82, 2.24) is 4.57 Å². The van der Waals surface area contributed by atoms with Gasteiger partial charge in [0.1, 0.15) is 0 Å². The third kappa shape index (κ3) is 2.32. The van der Waals surface area contributed by atoms with Crippen LogP contribution in [0.25, 0.3) is 10.2 Å².